The van der Waals surface area contributed by atoms with Crippen molar-refractivity contribution in [3.05, 3.63) is 62.1 Å². The van der Waals surface area contributed by atoms with Crippen LogP contribution in [0.3, 0.4) is 0 Å². The second kappa shape index (κ2) is 10.8. The monoisotopic (exact) mass is 496 g/mol. The highest BCUT2D eigenvalue weighted by molar-refractivity contribution is 6.09. The Kier molecular flexibility index (Phi) is 8.02. The van der Waals surface area contributed by atoms with Crippen LogP contribution in [0.5, 0.6) is 0 Å². The van der Waals surface area contributed by atoms with E-state index in [1.54, 1.807) is 20.8 Å². The number of nitrogens with one attached hydrogen (secondary N) is 1. The predicted molar refractivity (Wildman–Crippen MR) is 136 cm³/mol. The van der Waals surface area contributed by atoms with E-state index in [4.69, 9.17) is 13.9 Å². The summed E-state index contributed by atoms with van der Waals surface area (Å²) in [6, 6.07) is 4.55. The van der Waals surface area contributed by atoms with Gasteiger partial charge in [0, 0.05) is 11.5 Å². The van der Waals surface area contributed by atoms with Crippen molar-refractivity contribution in [3.8, 4) is 0 Å². The van der Waals surface area contributed by atoms with Crippen molar-refractivity contribution in [2.45, 2.75) is 60.9 Å². The zero-order chi connectivity index (χ0) is 26.7. The molecular formula is C27H32N2O7. The van der Waals surface area contributed by atoms with Gasteiger partial charge in [-0.2, -0.15) is 0 Å². The van der Waals surface area contributed by atoms with Gasteiger partial charge in [-0.1, -0.05) is 18.6 Å². The Morgan fingerprint density at radius 3 is 2.11 bits per heavy atom. The number of hydrogen-bond acceptors (Lipinski definition) is 7. The molecule has 0 saturated heterocycles. The van der Waals surface area contributed by atoms with E-state index in [9.17, 15) is 19.2 Å². The summed E-state index contributed by atoms with van der Waals surface area (Å²) in [4.78, 5) is 52.0. The van der Waals surface area contributed by atoms with Crippen LogP contribution in [-0.2, 0) is 14.3 Å². The zero-order valence-electron chi connectivity index (χ0n) is 21.7. The molecule has 192 valence electrons. The lowest BCUT2D eigenvalue weighted by atomic mass is 10.0. The highest BCUT2D eigenvalue weighted by Gasteiger charge is 2.33. The minimum absolute atomic E-state index is 0.0553. The number of furan rings is 1. The molecule has 3 rings (SSSR count). The van der Waals surface area contributed by atoms with Gasteiger partial charge in [-0.3, -0.25) is 19.5 Å². The summed E-state index contributed by atoms with van der Waals surface area (Å²) in [7, 11) is 0. The number of anilines is 1. The van der Waals surface area contributed by atoms with Gasteiger partial charge in [0.15, 0.2) is 0 Å². The lowest BCUT2D eigenvalue weighted by molar-refractivity contribution is -0.119. The third-order valence-corrected chi connectivity index (χ3v) is 5.97. The number of fused-ring (bicyclic) bond motifs is 1. The van der Waals surface area contributed by atoms with E-state index in [0.29, 0.717) is 5.52 Å². The van der Waals surface area contributed by atoms with Gasteiger partial charge in [-0.15, -0.1) is 0 Å². The van der Waals surface area contributed by atoms with Gasteiger partial charge in [-0.05, 0) is 65.2 Å². The molecular weight excluding hydrogens is 464 g/mol. The van der Waals surface area contributed by atoms with Gasteiger partial charge in [0.2, 0.25) is 11.8 Å². The van der Waals surface area contributed by atoms with Gasteiger partial charge in [0.1, 0.15) is 22.9 Å². The van der Waals surface area contributed by atoms with Crippen molar-refractivity contribution in [3.63, 3.8) is 0 Å². The molecule has 0 aliphatic heterocycles. The van der Waals surface area contributed by atoms with Crippen molar-refractivity contribution in [2.24, 2.45) is 0 Å². The second-order valence-corrected chi connectivity index (χ2v) is 8.61. The number of aryl methyl sites for hydroxylation is 4. The number of amides is 1. The van der Waals surface area contributed by atoms with E-state index in [1.165, 1.54) is 17.6 Å². The van der Waals surface area contributed by atoms with Gasteiger partial charge in [0.25, 0.3) is 5.56 Å². The molecule has 1 atom stereocenters. The third kappa shape index (κ3) is 4.91. The first-order chi connectivity index (χ1) is 17.0. The second-order valence-electron chi connectivity index (χ2n) is 8.61. The molecule has 2 aromatic heterocycles. The molecule has 1 amide bonds. The van der Waals surface area contributed by atoms with Crippen LogP contribution in [0.25, 0.3) is 10.9 Å². The number of carbonyl (C=O) groups is 3. The first-order valence-corrected chi connectivity index (χ1v) is 12.0. The summed E-state index contributed by atoms with van der Waals surface area (Å²) in [6.07, 6.45) is 0.288. The molecule has 0 saturated carbocycles. The molecule has 36 heavy (non-hydrogen) atoms. The SMILES string of the molecule is CCOC(=O)c1c(C)oc(NC(=O)C(CC)n2c(=O)cc(C)c3cc(C)cc(C)c32)c1C(=O)OCC. The van der Waals surface area contributed by atoms with E-state index >= 15 is 0 Å². The first kappa shape index (κ1) is 26.7. The smallest absolute Gasteiger partial charge is 0.344 e. The van der Waals surface area contributed by atoms with E-state index in [1.807, 2.05) is 32.9 Å². The van der Waals surface area contributed by atoms with Crippen LogP contribution >= 0.6 is 0 Å². The van der Waals surface area contributed by atoms with E-state index in [-0.39, 0.29) is 48.0 Å². The maximum absolute atomic E-state index is 13.6. The van der Waals surface area contributed by atoms with Crippen LogP contribution in [0.2, 0.25) is 0 Å². The lowest BCUT2D eigenvalue weighted by Crippen LogP contribution is -2.34. The average molecular weight is 497 g/mol. The number of pyridine rings is 1. The quantitative estimate of drug-likeness (QED) is 0.446. The Morgan fingerprint density at radius 2 is 1.53 bits per heavy atom. The molecule has 9 heteroatoms. The highest BCUT2D eigenvalue weighted by atomic mass is 16.5. The Morgan fingerprint density at radius 1 is 0.917 bits per heavy atom. The van der Waals surface area contributed by atoms with Crippen LogP contribution in [0, 0.1) is 27.7 Å². The molecule has 0 bridgehead atoms. The summed E-state index contributed by atoms with van der Waals surface area (Å²) < 4.78 is 17.3. The summed E-state index contributed by atoms with van der Waals surface area (Å²) in [5.41, 5.74) is 2.75. The van der Waals surface area contributed by atoms with Gasteiger partial charge < -0.3 is 13.9 Å². The molecule has 1 N–H and O–H groups in total. The Balaban J connectivity index is 2.14. The van der Waals surface area contributed by atoms with E-state index < -0.39 is 23.9 Å². The fourth-order valence-corrected chi connectivity index (χ4v) is 4.49. The molecule has 0 spiro atoms. The van der Waals surface area contributed by atoms with Crippen molar-refractivity contribution in [1.29, 1.82) is 0 Å². The van der Waals surface area contributed by atoms with Crippen molar-refractivity contribution < 1.29 is 28.3 Å². The van der Waals surface area contributed by atoms with Gasteiger partial charge in [-0.25, -0.2) is 9.59 Å². The number of benzene rings is 1. The van der Waals surface area contributed by atoms with Gasteiger partial charge in [0.05, 0.1) is 18.7 Å². The minimum Gasteiger partial charge on any atom is -0.462 e. The van der Waals surface area contributed by atoms with Crippen molar-refractivity contribution in [2.75, 3.05) is 18.5 Å². The Bertz CT molecular complexity index is 1400. The summed E-state index contributed by atoms with van der Waals surface area (Å²) in [5, 5.41) is 3.50. The molecule has 0 fully saturated rings. The van der Waals surface area contributed by atoms with Crippen molar-refractivity contribution >= 4 is 34.6 Å². The number of aromatic nitrogens is 1. The molecule has 3 aromatic rings. The highest BCUT2D eigenvalue weighted by Crippen LogP contribution is 2.31. The zero-order valence-corrected chi connectivity index (χ0v) is 21.7. The molecule has 2 heterocycles. The summed E-state index contributed by atoms with van der Waals surface area (Å²) >= 11 is 0. The van der Waals surface area contributed by atoms with Crippen LogP contribution in [0.1, 0.15) is 76.4 Å². The average Bonchev–Trinajstić information content (AvgIpc) is 3.12. The molecule has 0 aliphatic rings. The summed E-state index contributed by atoms with van der Waals surface area (Å²) in [5.74, 6) is -2.29. The van der Waals surface area contributed by atoms with E-state index in [2.05, 4.69) is 5.32 Å². The molecule has 0 aliphatic carbocycles. The number of esters is 2. The predicted octanol–water partition coefficient (Wildman–Crippen LogP) is 4.77. The molecule has 1 aromatic carbocycles. The molecule has 9 nitrogen and oxygen atoms in total. The number of nitrogens with zero attached hydrogens (tertiary/aromatic N) is 1. The standard InChI is InChI=1S/C27H32N2O7/c1-8-19(29-20(30)13-15(5)18-12-14(4)11-16(6)23(18)29)24(31)28-25-22(27(33)35-10-3)21(17(7)36-25)26(32)34-9-2/h11-13,19H,8-10H2,1-7H3,(H,28,31). The Hall–Kier alpha value is -3.88. The van der Waals surface area contributed by atoms with Gasteiger partial charge >= 0.3 is 11.9 Å². The molecule has 1 unspecified atom stereocenters. The molecule has 0 radical (unpaired) electrons. The van der Waals surface area contributed by atoms with Crippen LogP contribution in [0.15, 0.2) is 27.4 Å². The topological polar surface area (TPSA) is 117 Å². The number of hydrogen-bond donors (Lipinski definition) is 1. The van der Waals surface area contributed by atoms with Crippen LogP contribution < -0.4 is 10.9 Å². The summed E-state index contributed by atoms with van der Waals surface area (Å²) in [6.45, 7) is 12.4. The fourth-order valence-electron chi connectivity index (χ4n) is 4.49. The van der Waals surface area contributed by atoms with Crippen LogP contribution in [-0.4, -0.2) is 35.6 Å². The maximum Gasteiger partial charge on any atom is 0.344 e. The lowest BCUT2D eigenvalue weighted by Gasteiger charge is -2.22. The maximum atomic E-state index is 13.6. The minimum atomic E-state index is -0.909. The first-order valence-electron chi connectivity index (χ1n) is 12.0. The third-order valence-electron chi connectivity index (χ3n) is 5.97. The fraction of sp³-hybridized carbons (Fsp3) is 0.407. The van der Waals surface area contributed by atoms with Crippen molar-refractivity contribution in [1.82, 2.24) is 4.57 Å². The Labute approximate surface area is 209 Å². The normalized spacial score (nSPS) is 11.9. The number of carbonyl (C=O) groups excluding carboxylic acids is 3. The van der Waals surface area contributed by atoms with Crippen LogP contribution in [0.4, 0.5) is 5.88 Å². The van der Waals surface area contributed by atoms with E-state index in [0.717, 1.165) is 22.1 Å². The number of ether oxygens (including phenoxy) is 2. The number of rotatable bonds is 8. The largest absolute Gasteiger partial charge is 0.462 e.